The van der Waals surface area contributed by atoms with Crippen LogP contribution >= 0.6 is 7.82 Å². The summed E-state index contributed by atoms with van der Waals surface area (Å²) in [6.45, 7) is 0. The van der Waals surface area contributed by atoms with E-state index < -0.39 is 7.82 Å². The third kappa shape index (κ3) is 5.48. The van der Waals surface area contributed by atoms with Crippen LogP contribution in [-0.2, 0) is 4.57 Å². The molecule has 0 aliphatic rings. The monoisotopic (exact) mass is 702 g/mol. The standard InChI is InChI=1S/C48H31O4P/c49-53(50,51-45-29-33-15-3-1-13-31(33)27-43(45)47-39-21-9-5-17-35(39)25-36-18-6-10-22-40(36)47)52-46-30-34-16-4-2-14-32(34)28-44(46)48-41-23-11-7-19-37(41)26-38-20-8-12-24-42(38)48/h1-30H,(H,49,50). The van der Waals surface area contributed by atoms with Crippen molar-refractivity contribution in [1.29, 1.82) is 0 Å². The van der Waals surface area contributed by atoms with Gasteiger partial charge in [0, 0.05) is 22.3 Å². The first-order chi connectivity index (χ1) is 26.0. The van der Waals surface area contributed by atoms with Gasteiger partial charge in [0.15, 0.2) is 0 Å². The normalized spacial score (nSPS) is 11.9. The molecule has 0 fully saturated rings. The molecule has 0 aromatic heterocycles. The fourth-order valence-electron chi connectivity index (χ4n) is 7.86. The molecule has 0 amide bonds. The summed E-state index contributed by atoms with van der Waals surface area (Å²) in [5.41, 5.74) is 3.25. The molecular formula is C48H31O4P. The van der Waals surface area contributed by atoms with Gasteiger partial charge in [-0.05, 0) is 101 Å². The van der Waals surface area contributed by atoms with Crippen molar-refractivity contribution in [3.05, 3.63) is 182 Å². The van der Waals surface area contributed by atoms with E-state index in [1.54, 1.807) is 0 Å². The maximum Gasteiger partial charge on any atom is 0.584 e. The molecule has 10 rings (SSSR count). The van der Waals surface area contributed by atoms with E-state index in [0.29, 0.717) is 11.1 Å². The van der Waals surface area contributed by atoms with Gasteiger partial charge in [-0.3, -0.25) is 4.89 Å². The maximum absolute atomic E-state index is 14.6. The lowest BCUT2D eigenvalue weighted by atomic mass is 9.90. The van der Waals surface area contributed by atoms with Crippen LogP contribution in [0.4, 0.5) is 0 Å². The van der Waals surface area contributed by atoms with E-state index in [1.807, 2.05) is 121 Å². The Morgan fingerprint density at radius 2 is 0.604 bits per heavy atom. The molecular weight excluding hydrogens is 671 g/mol. The largest absolute Gasteiger partial charge is 0.584 e. The van der Waals surface area contributed by atoms with Crippen molar-refractivity contribution >= 4 is 72.5 Å². The Morgan fingerprint density at radius 3 is 0.925 bits per heavy atom. The lowest BCUT2D eigenvalue weighted by Gasteiger charge is -2.21. The fraction of sp³-hybridized carbons (Fsp3) is 0. The van der Waals surface area contributed by atoms with Crippen LogP contribution in [0.25, 0.3) is 86.9 Å². The molecule has 0 aliphatic carbocycles. The van der Waals surface area contributed by atoms with Gasteiger partial charge < -0.3 is 9.05 Å². The molecule has 0 saturated heterocycles. The first kappa shape index (κ1) is 31.3. The Labute approximate surface area is 305 Å². The van der Waals surface area contributed by atoms with Crippen LogP contribution in [0.1, 0.15) is 0 Å². The van der Waals surface area contributed by atoms with E-state index in [-0.39, 0.29) is 11.5 Å². The zero-order chi connectivity index (χ0) is 35.5. The van der Waals surface area contributed by atoms with Gasteiger partial charge in [0.25, 0.3) is 0 Å². The maximum atomic E-state index is 14.6. The SMILES string of the molecule is O=P(O)(Oc1cc2ccccc2cc1-c1c2ccccc2cc2ccccc12)Oc1cc2ccccc2cc1-c1c2ccccc2cc2ccccc12. The van der Waals surface area contributed by atoms with E-state index in [4.69, 9.17) is 9.05 Å². The quantitative estimate of drug-likeness (QED) is 0.138. The van der Waals surface area contributed by atoms with Crippen LogP contribution in [0.5, 0.6) is 11.5 Å². The number of phosphoric acid groups is 1. The molecule has 5 heteroatoms. The summed E-state index contributed by atoms with van der Waals surface area (Å²) in [7, 11) is -4.83. The smallest absolute Gasteiger partial charge is 0.395 e. The van der Waals surface area contributed by atoms with Crippen LogP contribution in [-0.4, -0.2) is 4.89 Å². The number of hydrogen-bond acceptors (Lipinski definition) is 3. The summed E-state index contributed by atoms with van der Waals surface area (Å²) in [6, 6.07) is 60.9. The summed E-state index contributed by atoms with van der Waals surface area (Å²) < 4.78 is 27.1. The Bertz CT molecular complexity index is 2820. The van der Waals surface area contributed by atoms with Gasteiger partial charge in [0.1, 0.15) is 11.5 Å². The number of fused-ring (bicyclic) bond motifs is 6. The van der Waals surface area contributed by atoms with E-state index in [2.05, 4.69) is 60.7 Å². The van der Waals surface area contributed by atoms with Crippen LogP contribution in [0.3, 0.4) is 0 Å². The summed E-state index contributed by atoms with van der Waals surface area (Å²) >= 11 is 0. The number of rotatable bonds is 6. The third-order valence-electron chi connectivity index (χ3n) is 10.2. The first-order valence-electron chi connectivity index (χ1n) is 17.6. The Morgan fingerprint density at radius 1 is 0.340 bits per heavy atom. The highest BCUT2D eigenvalue weighted by Crippen LogP contribution is 2.53. The number of hydrogen-bond donors (Lipinski definition) is 1. The van der Waals surface area contributed by atoms with Gasteiger partial charge in [0.05, 0.1) is 0 Å². The first-order valence-corrected chi connectivity index (χ1v) is 19.1. The summed E-state index contributed by atoms with van der Waals surface area (Å²) in [5, 5.41) is 12.0. The minimum Gasteiger partial charge on any atom is -0.395 e. The van der Waals surface area contributed by atoms with Gasteiger partial charge in [-0.1, -0.05) is 146 Å². The molecule has 0 spiro atoms. The molecule has 53 heavy (non-hydrogen) atoms. The van der Waals surface area contributed by atoms with E-state index >= 15 is 0 Å². The molecule has 10 aromatic carbocycles. The molecule has 1 N–H and O–H groups in total. The molecule has 252 valence electrons. The highest BCUT2D eigenvalue weighted by Gasteiger charge is 2.30. The average Bonchev–Trinajstić information content (AvgIpc) is 3.18. The average molecular weight is 703 g/mol. The van der Waals surface area contributed by atoms with Crippen molar-refractivity contribution in [2.24, 2.45) is 0 Å². The molecule has 0 aliphatic heterocycles. The van der Waals surface area contributed by atoms with Crippen LogP contribution in [0.2, 0.25) is 0 Å². The summed E-state index contributed by atoms with van der Waals surface area (Å²) in [4.78, 5) is 11.9. The molecule has 4 nitrogen and oxygen atoms in total. The predicted molar refractivity (Wildman–Crippen MR) is 220 cm³/mol. The van der Waals surface area contributed by atoms with Crippen molar-refractivity contribution in [3.8, 4) is 33.8 Å². The van der Waals surface area contributed by atoms with Crippen molar-refractivity contribution in [2.45, 2.75) is 0 Å². The summed E-state index contributed by atoms with van der Waals surface area (Å²) in [6.07, 6.45) is 0. The molecule has 0 saturated carbocycles. The van der Waals surface area contributed by atoms with E-state index in [9.17, 15) is 9.46 Å². The van der Waals surface area contributed by atoms with E-state index in [0.717, 1.165) is 75.8 Å². The Kier molecular flexibility index (Phi) is 7.29. The van der Waals surface area contributed by atoms with Gasteiger partial charge in [-0.15, -0.1) is 0 Å². The molecule has 0 atom stereocenters. The van der Waals surface area contributed by atoms with Crippen molar-refractivity contribution in [1.82, 2.24) is 0 Å². The molecule has 0 unspecified atom stereocenters. The third-order valence-corrected chi connectivity index (χ3v) is 11.1. The second-order valence-corrected chi connectivity index (χ2v) is 14.7. The molecule has 0 radical (unpaired) electrons. The van der Waals surface area contributed by atoms with Crippen molar-refractivity contribution in [3.63, 3.8) is 0 Å². The van der Waals surface area contributed by atoms with Gasteiger partial charge >= 0.3 is 7.82 Å². The van der Waals surface area contributed by atoms with Gasteiger partial charge in [-0.2, -0.15) is 0 Å². The molecule has 0 heterocycles. The van der Waals surface area contributed by atoms with Crippen LogP contribution in [0, 0.1) is 0 Å². The zero-order valence-corrected chi connectivity index (χ0v) is 29.3. The topological polar surface area (TPSA) is 55.8 Å². The second-order valence-electron chi connectivity index (χ2n) is 13.4. The minimum absolute atomic E-state index is 0.258. The van der Waals surface area contributed by atoms with Gasteiger partial charge in [-0.25, -0.2) is 4.57 Å². The second kappa shape index (κ2) is 12.4. The van der Waals surface area contributed by atoms with E-state index in [1.165, 1.54) is 0 Å². The van der Waals surface area contributed by atoms with Gasteiger partial charge in [0.2, 0.25) is 0 Å². The Hall–Kier alpha value is -6.45. The van der Waals surface area contributed by atoms with Crippen LogP contribution in [0.15, 0.2) is 182 Å². The summed E-state index contributed by atoms with van der Waals surface area (Å²) in [5.74, 6) is 0.517. The fourth-order valence-corrected chi connectivity index (χ4v) is 8.69. The predicted octanol–water partition coefficient (Wildman–Crippen LogP) is 13.5. The number of phosphoric ester groups is 1. The van der Waals surface area contributed by atoms with Crippen LogP contribution < -0.4 is 9.05 Å². The zero-order valence-electron chi connectivity index (χ0n) is 28.4. The highest BCUT2D eigenvalue weighted by molar-refractivity contribution is 7.48. The molecule has 0 bridgehead atoms. The Balaban J connectivity index is 1.18. The molecule has 10 aromatic rings. The lowest BCUT2D eigenvalue weighted by Crippen LogP contribution is -2.03. The highest BCUT2D eigenvalue weighted by atomic mass is 31.2. The lowest BCUT2D eigenvalue weighted by molar-refractivity contribution is 0.292. The van der Waals surface area contributed by atoms with Crippen molar-refractivity contribution < 1.29 is 18.5 Å². The van der Waals surface area contributed by atoms with Crippen molar-refractivity contribution in [2.75, 3.05) is 0 Å². The minimum atomic E-state index is -4.83. The number of benzene rings is 10.